The lowest BCUT2D eigenvalue weighted by atomic mass is 10.1. The SMILES string of the molecule is CC(=O)O/N=C(/N)c1ccc2[nH]c(-c3ccccc3O)cc2c1. The topological polar surface area (TPSA) is 101 Å². The molecule has 0 aliphatic heterocycles. The van der Waals surface area contributed by atoms with Crippen LogP contribution >= 0.6 is 0 Å². The summed E-state index contributed by atoms with van der Waals surface area (Å²) in [4.78, 5) is 18.6. The summed E-state index contributed by atoms with van der Waals surface area (Å²) in [5, 5.41) is 14.4. The molecule has 1 heterocycles. The van der Waals surface area contributed by atoms with E-state index in [1.165, 1.54) is 6.92 Å². The van der Waals surface area contributed by atoms with Crippen LogP contribution in [0.4, 0.5) is 0 Å². The number of oxime groups is 1. The summed E-state index contributed by atoms with van der Waals surface area (Å²) in [5.41, 5.74) is 8.85. The molecule has 0 radical (unpaired) electrons. The molecular formula is C17H15N3O3. The fraction of sp³-hybridized carbons (Fsp3) is 0.0588. The Labute approximate surface area is 132 Å². The van der Waals surface area contributed by atoms with Gasteiger partial charge in [-0.2, -0.15) is 0 Å². The first-order valence-corrected chi connectivity index (χ1v) is 6.97. The van der Waals surface area contributed by atoms with Gasteiger partial charge in [0.2, 0.25) is 0 Å². The molecule has 0 atom stereocenters. The summed E-state index contributed by atoms with van der Waals surface area (Å²) >= 11 is 0. The van der Waals surface area contributed by atoms with Crippen molar-refractivity contribution in [3.8, 4) is 17.0 Å². The molecule has 0 spiro atoms. The Morgan fingerprint density at radius 1 is 1.22 bits per heavy atom. The molecule has 1 aromatic heterocycles. The van der Waals surface area contributed by atoms with E-state index in [1.54, 1.807) is 18.2 Å². The highest BCUT2D eigenvalue weighted by atomic mass is 16.7. The Morgan fingerprint density at radius 2 is 2.00 bits per heavy atom. The molecule has 0 bridgehead atoms. The van der Waals surface area contributed by atoms with Gasteiger partial charge in [0, 0.05) is 29.0 Å². The predicted octanol–water partition coefficient (Wildman–Crippen LogP) is 2.72. The fourth-order valence-corrected chi connectivity index (χ4v) is 2.30. The van der Waals surface area contributed by atoms with Crippen molar-refractivity contribution in [1.82, 2.24) is 4.98 Å². The fourth-order valence-electron chi connectivity index (χ4n) is 2.30. The van der Waals surface area contributed by atoms with Crippen LogP contribution in [-0.2, 0) is 9.63 Å². The quantitative estimate of drug-likeness (QED) is 0.300. The molecule has 0 saturated heterocycles. The number of phenols is 1. The smallest absolute Gasteiger partial charge is 0.332 e. The van der Waals surface area contributed by atoms with Crippen LogP contribution in [0.1, 0.15) is 12.5 Å². The summed E-state index contributed by atoms with van der Waals surface area (Å²) < 4.78 is 0. The number of aromatic hydroxyl groups is 1. The summed E-state index contributed by atoms with van der Waals surface area (Å²) in [6.45, 7) is 1.25. The van der Waals surface area contributed by atoms with Crippen LogP contribution in [0.15, 0.2) is 53.7 Å². The van der Waals surface area contributed by atoms with Crippen LogP contribution < -0.4 is 5.73 Å². The lowest BCUT2D eigenvalue weighted by Crippen LogP contribution is -2.14. The van der Waals surface area contributed by atoms with Crippen molar-refractivity contribution in [2.45, 2.75) is 6.92 Å². The van der Waals surface area contributed by atoms with Gasteiger partial charge < -0.3 is 20.7 Å². The Hall–Kier alpha value is -3.28. The molecule has 0 fully saturated rings. The van der Waals surface area contributed by atoms with Gasteiger partial charge in [0.05, 0.1) is 5.69 Å². The van der Waals surface area contributed by atoms with E-state index in [-0.39, 0.29) is 11.6 Å². The lowest BCUT2D eigenvalue weighted by Gasteiger charge is -2.00. The van der Waals surface area contributed by atoms with E-state index in [1.807, 2.05) is 30.3 Å². The second-order valence-electron chi connectivity index (χ2n) is 5.06. The Kier molecular flexibility index (Phi) is 3.72. The van der Waals surface area contributed by atoms with Crippen LogP contribution in [0.3, 0.4) is 0 Å². The molecule has 4 N–H and O–H groups in total. The largest absolute Gasteiger partial charge is 0.507 e. The second kappa shape index (κ2) is 5.84. The first-order valence-electron chi connectivity index (χ1n) is 6.97. The molecule has 0 aliphatic rings. The first kappa shape index (κ1) is 14.6. The molecule has 0 aliphatic carbocycles. The van der Waals surface area contributed by atoms with Crippen LogP contribution in [0.5, 0.6) is 5.75 Å². The number of hydrogen-bond donors (Lipinski definition) is 3. The highest BCUT2D eigenvalue weighted by Gasteiger charge is 2.09. The number of hydrogen-bond acceptors (Lipinski definition) is 4. The van der Waals surface area contributed by atoms with Crippen LogP contribution in [0.2, 0.25) is 0 Å². The number of aromatic amines is 1. The van der Waals surface area contributed by atoms with Crippen molar-refractivity contribution < 1.29 is 14.7 Å². The van der Waals surface area contributed by atoms with Crippen molar-refractivity contribution in [3.05, 3.63) is 54.1 Å². The van der Waals surface area contributed by atoms with E-state index in [9.17, 15) is 9.90 Å². The zero-order valence-corrected chi connectivity index (χ0v) is 12.4. The Balaban J connectivity index is 2.00. The highest BCUT2D eigenvalue weighted by molar-refractivity contribution is 6.01. The molecule has 6 heteroatoms. The number of phenolic OH excluding ortho intramolecular Hbond substituents is 1. The number of carbonyl (C=O) groups excluding carboxylic acids is 1. The number of amidine groups is 1. The van der Waals surface area contributed by atoms with Crippen molar-refractivity contribution in [3.63, 3.8) is 0 Å². The number of nitrogens with one attached hydrogen (secondary N) is 1. The standard InChI is InChI=1S/C17H15N3O3/c1-10(21)23-20-17(18)11-6-7-14-12(8-11)9-15(19-14)13-4-2-3-5-16(13)22/h2-9,19,22H,1H3,(H2,18,20). The summed E-state index contributed by atoms with van der Waals surface area (Å²) in [7, 11) is 0. The minimum atomic E-state index is -0.530. The van der Waals surface area contributed by atoms with Gasteiger partial charge in [-0.25, -0.2) is 4.79 Å². The molecule has 23 heavy (non-hydrogen) atoms. The van der Waals surface area contributed by atoms with Gasteiger partial charge in [-0.05, 0) is 36.4 Å². The molecule has 3 aromatic rings. The van der Waals surface area contributed by atoms with Gasteiger partial charge in [-0.3, -0.25) is 0 Å². The van der Waals surface area contributed by atoms with E-state index in [0.29, 0.717) is 11.1 Å². The zero-order valence-electron chi connectivity index (χ0n) is 12.4. The molecule has 6 nitrogen and oxygen atoms in total. The molecule has 0 saturated carbocycles. The van der Waals surface area contributed by atoms with Crippen molar-refractivity contribution in [1.29, 1.82) is 0 Å². The number of fused-ring (bicyclic) bond motifs is 1. The van der Waals surface area contributed by atoms with E-state index in [2.05, 4.69) is 15.0 Å². The maximum absolute atomic E-state index is 10.8. The Bertz CT molecular complexity index is 912. The number of benzene rings is 2. The number of para-hydroxylation sites is 1. The van der Waals surface area contributed by atoms with E-state index in [4.69, 9.17) is 5.73 Å². The normalized spacial score (nSPS) is 11.6. The first-order chi connectivity index (χ1) is 11.0. The van der Waals surface area contributed by atoms with Crippen molar-refractivity contribution in [2.24, 2.45) is 10.9 Å². The molecule has 0 unspecified atom stereocenters. The van der Waals surface area contributed by atoms with Crippen molar-refractivity contribution in [2.75, 3.05) is 0 Å². The average molecular weight is 309 g/mol. The van der Waals surface area contributed by atoms with Gasteiger partial charge in [-0.15, -0.1) is 0 Å². The summed E-state index contributed by atoms with van der Waals surface area (Å²) in [6.07, 6.45) is 0. The third kappa shape index (κ3) is 3.01. The van der Waals surface area contributed by atoms with E-state index < -0.39 is 5.97 Å². The molecule has 0 amide bonds. The van der Waals surface area contributed by atoms with Crippen molar-refractivity contribution >= 4 is 22.7 Å². The molecule has 3 rings (SSSR count). The second-order valence-corrected chi connectivity index (χ2v) is 5.06. The Morgan fingerprint density at radius 3 is 2.74 bits per heavy atom. The van der Waals surface area contributed by atoms with Gasteiger partial charge in [0.25, 0.3) is 0 Å². The average Bonchev–Trinajstić information content (AvgIpc) is 2.95. The minimum absolute atomic E-state index is 0.118. The summed E-state index contributed by atoms with van der Waals surface area (Å²) in [5.74, 6) is -0.208. The minimum Gasteiger partial charge on any atom is -0.507 e. The molecular weight excluding hydrogens is 294 g/mol. The monoisotopic (exact) mass is 309 g/mol. The molecule has 2 aromatic carbocycles. The van der Waals surface area contributed by atoms with Crippen LogP contribution in [0, 0.1) is 0 Å². The lowest BCUT2D eigenvalue weighted by molar-refractivity contribution is -0.140. The van der Waals surface area contributed by atoms with Crippen LogP contribution in [-0.4, -0.2) is 21.9 Å². The highest BCUT2D eigenvalue weighted by Crippen LogP contribution is 2.30. The van der Waals surface area contributed by atoms with Gasteiger partial charge in [0.15, 0.2) is 5.84 Å². The number of H-pyrrole nitrogens is 1. The van der Waals surface area contributed by atoms with Gasteiger partial charge in [-0.1, -0.05) is 17.3 Å². The number of nitrogens with zero attached hydrogens (tertiary/aromatic N) is 1. The van der Waals surface area contributed by atoms with Gasteiger partial charge in [0.1, 0.15) is 5.75 Å². The zero-order chi connectivity index (χ0) is 16.4. The van der Waals surface area contributed by atoms with Crippen LogP contribution in [0.25, 0.3) is 22.2 Å². The maximum atomic E-state index is 10.8. The number of nitrogens with two attached hydrogens (primary N) is 1. The number of carbonyl (C=O) groups is 1. The van der Waals surface area contributed by atoms with Gasteiger partial charge >= 0.3 is 5.97 Å². The summed E-state index contributed by atoms with van der Waals surface area (Å²) in [6, 6.07) is 14.5. The molecule has 116 valence electrons. The third-order valence-corrected chi connectivity index (χ3v) is 3.38. The maximum Gasteiger partial charge on any atom is 0.332 e. The predicted molar refractivity (Wildman–Crippen MR) is 87.9 cm³/mol. The number of aromatic nitrogens is 1. The third-order valence-electron chi connectivity index (χ3n) is 3.38. The van der Waals surface area contributed by atoms with E-state index >= 15 is 0 Å². The van der Waals surface area contributed by atoms with E-state index in [0.717, 1.165) is 16.6 Å². The number of rotatable bonds is 3.